The predicted octanol–water partition coefficient (Wildman–Crippen LogP) is 13.5. The Kier molecular flexibility index (Phi) is 31.9. The quantitative estimate of drug-likeness (QED) is 0.191. The minimum absolute atomic E-state index is 1.25. The summed E-state index contributed by atoms with van der Waals surface area (Å²) in [5.74, 6) is 0. The Morgan fingerprint density at radius 1 is 0.326 bits per heavy atom. The van der Waals surface area contributed by atoms with Crippen LogP contribution in [0.25, 0.3) is 21.9 Å². The van der Waals surface area contributed by atoms with Gasteiger partial charge in [0, 0.05) is 12.4 Å². The molecule has 0 aliphatic heterocycles. The first-order chi connectivity index (χ1) is 21.3. The van der Waals surface area contributed by atoms with E-state index in [2.05, 4.69) is 116 Å². The zero-order valence-corrected chi connectivity index (χ0v) is 27.9. The molecule has 0 bridgehead atoms. The summed E-state index contributed by atoms with van der Waals surface area (Å²) in [5, 5.41) is 2.62. The zero-order chi connectivity index (χ0) is 32.2. The minimum atomic E-state index is 1.25. The number of rotatable bonds is 1. The molecule has 0 amide bonds. The molecular weight excluding hydrogens is 518 g/mol. The van der Waals surface area contributed by atoms with Crippen molar-refractivity contribution < 1.29 is 0 Å². The summed E-state index contributed by atoms with van der Waals surface area (Å²) in [6, 6.07) is 55.2. The molecule has 6 aromatic rings. The molecular formula is C42H55N. The second-order valence-electron chi connectivity index (χ2n) is 7.97. The molecule has 6 rings (SSSR count). The molecule has 1 heterocycles. The average molecular weight is 574 g/mol. The SMILES string of the molecule is CC.CC.CC.CCC.c1ccc(-c2ccccc2)cc1.c1ccc2ccccc2c1.c1ccccc1.c1ccncc1. The van der Waals surface area contributed by atoms with Crippen molar-refractivity contribution in [1.82, 2.24) is 4.98 Å². The van der Waals surface area contributed by atoms with E-state index >= 15 is 0 Å². The van der Waals surface area contributed by atoms with Crippen LogP contribution in [-0.4, -0.2) is 4.98 Å². The molecule has 0 saturated heterocycles. The van der Waals surface area contributed by atoms with E-state index in [1.54, 1.807) is 12.4 Å². The van der Waals surface area contributed by atoms with Gasteiger partial charge in [0.15, 0.2) is 0 Å². The van der Waals surface area contributed by atoms with Crippen molar-refractivity contribution in [2.24, 2.45) is 0 Å². The molecule has 0 atom stereocenters. The van der Waals surface area contributed by atoms with Crippen LogP contribution in [-0.2, 0) is 0 Å². The smallest absolute Gasteiger partial charge is 0.0267 e. The van der Waals surface area contributed by atoms with Crippen LogP contribution >= 0.6 is 0 Å². The fourth-order valence-corrected chi connectivity index (χ4v) is 3.09. The molecule has 0 fully saturated rings. The van der Waals surface area contributed by atoms with Gasteiger partial charge in [-0.3, -0.25) is 4.98 Å². The van der Waals surface area contributed by atoms with Gasteiger partial charge >= 0.3 is 0 Å². The Hall–Kier alpha value is -4.49. The molecule has 43 heavy (non-hydrogen) atoms. The number of hydrogen-bond acceptors (Lipinski definition) is 1. The summed E-state index contributed by atoms with van der Waals surface area (Å²) in [4.78, 5) is 3.78. The van der Waals surface area contributed by atoms with Gasteiger partial charge in [0.2, 0.25) is 0 Å². The van der Waals surface area contributed by atoms with Gasteiger partial charge in [0.25, 0.3) is 0 Å². The number of fused-ring (bicyclic) bond motifs is 1. The Balaban J connectivity index is 0. The molecule has 0 aliphatic rings. The highest BCUT2D eigenvalue weighted by molar-refractivity contribution is 5.82. The largest absolute Gasteiger partial charge is 0.265 e. The van der Waals surface area contributed by atoms with E-state index in [9.17, 15) is 0 Å². The highest BCUT2D eigenvalue weighted by Gasteiger charge is 1.91. The summed E-state index contributed by atoms with van der Waals surface area (Å²) in [6.07, 6.45) is 4.75. The van der Waals surface area contributed by atoms with Crippen molar-refractivity contribution >= 4 is 10.8 Å². The highest BCUT2D eigenvalue weighted by atomic mass is 14.6. The zero-order valence-electron chi connectivity index (χ0n) is 27.9. The molecule has 0 spiro atoms. The van der Waals surface area contributed by atoms with Crippen LogP contribution in [0.5, 0.6) is 0 Å². The molecule has 0 aliphatic carbocycles. The lowest BCUT2D eigenvalue weighted by Gasteiger charge is -1.98. The van der Waals surface area contributed by atoms with E-state index in [1.165, 1.54) is 28.3 Å². The van der Waals surface area contributed by atoms with Gasteiger partial charge in [-0.05, 0) is 34.0 Å². The fourth-order valence-electron chi connectivity index (χ4n) is 3.09. The Bertz CT molecular complexity index is 1100. The number of benzene rings is 5. The van der Waals surface area contributed by atoms with Crippen LogP contribution in [0.3, 0.4) is 0 Å². The monoisotopic (exact) mass is 573 g/mol. The van der Waals surface area contributed by atoms with Crippen molar-refractivity contribution in [3.05, 3.63) is 176 Å². The van der Waals surface area contributed by atoms with Crippen LogP contribution in [0.15, 0.2) is 176 Å². The number of pyridine rings is 1. The molecule has 0 saturated carbocycles. The second kappa shape index (κ2) is 33.7. The fraction of sp³-hybridized carbons (Fsp3) is 0.214. The van der Waals surface area contributed by atoms with Crippen molar-refractivity contribution in [2.45, 2.75) is 61.8 Å². The predicted molar refractivity (Wildman–Crippen MR) is 197 cm³/mol. The third kappa shape index (κ3) is 22.8. The van der Waals surface area contributed by atoms with Crippen LogP contribution in [0.4, 0.5) is 0 Å². The summed E-state index contributed by atoms with van der Waals surface area (Å²) < 4.78 is 0. The lowest BCUT2D eigenvalue weighted by atomic mass is 10.1. The first-order valence-corrected chi connectivity index (χ1v) is 15.7. The lowest BCUT2D eigenvalue weighted by molar-refractivity contribution is 1.09. The maximum Gasteiger partial charge on any atom is 0.0267 e. The standard InChI is InChI=1S/C12H10.C10H8.C6H6.C5H5N.C3H8.3C2H6/c1-3-7-11(8-4-1)12-9-5-2-6-10-12;1-2-6-10-8-4-3-7-9(10)5-1;2*1-2-4-6-5-3-1;1-3-2;3*1-2/h1-10H;1-8H;1-6H;1-5H;3H2,1-2H3;3*1-2H3. The van der Waals surface area contributed by atoms with Gasteiger partial charge in [0.05, 0.1) is 0 Å². The first kappa shape index (κ1) is 40.6. The molecule has 1 aromatic heterocycles. The van der Waals surface area contributed by atoms with Crippen molar-refractivity contribution in [1.29, 1.82) is 0 Å². The van der Waals surface area contributed by atoms with Crippen LogP contribution in [0, 0.1) is 0 Å². The summed E-state index contributed by atoms with van der Waals surface area (Å²) in [6.45, 7) is 16.2. The minimum Gasteiger partial charge on any atom is -0.265 e. The van der Waals surface area contributed by atoms with Crippen molar-refractivity contribution in [3.8, 4) is 11.1 Å². The second-order valence-corrected chi connectivity index (χ2v) is 7.97. The van der Waals surface area contributed by atoms with Gasteiger partial charge in [0.1, 0.15) is 0 Å². The average Bonchev–Trinajstić information content (AvgIpc) is 3.14. The van der Waals surface area contributed by atoms with Crippen LogP contribution in [0.1, 0.15) is 61.8 Å². The van der Waals surface area contributed by atoms with Crippen LogP contribution in [0.2, 0.25) is 0 Å². The van der Waals surface area contributed by atoms with Gasteiger partial charge in [-0.25, -0.2) is 0 Å². The summed E-state index contributed by atoms with van der Waals surface area (Å²) in [5.41, 5.74) is 2.55. The van der Waals surface area contributed by atoms with E-state index in [0.717, 1.165) is 0 Å². The first-order valence-electron chi connectivity index (χ1n) is 15.7. The number of nitrogens with zero attached hydrogens (tertiary/aromatic N) is 1. The maximum atomic E-state index is 3.78. The van der Waals surface area contributed by atoms with Crippen molar-refractivity contribution in [3.63, 3.8) is 0 Å². The molecule has 1 nitrogen and oxygen atoms in total. The van der Waals surface area contributed by atoms with Crippen molar-refractivity contribution in [2.75, 3.05) is 0 Å². The normalized spacial score (nSPS) is 8.09. The number of hydrogen-bond donors (Lipinski definition) is 0. The van der Waals surface area contributed by atoms with E-state index in [0.29, 0.717) is 0 Å². The summed E-state index contributed by atoms with van der Waals surface area (Å²) in [7, 11) is 0. The van der Waals surface area contributed by atoms with E-state index in [-0.39, 0.29) is 0 Å². The lowest BCUT2D eigenvalue weighted by Crippen LogP contribution is -1.73. The van der Waals surface area contributed by atoms with E-state index in [1.807, 2.05) is 108 Å². The Morgan fingerprint density at radius 3 is 0.744 bits per heavy atom. The Labute approximate surface area is 264 Å². The molecule has 228 valence electrons. The van der Waals surface area contributed by atoms with Crippen LogP contribution < -0.4 is 0 Å². The molecule has 5 aromatic carbocycles. The third-order valence-corrected chi connectivity index (χ3v) is 4.77. The molecule has 0 radical (unpaired) electrons. The van der Waals surface area contributed by atoms with E-state index in [4.69, 9.17) is 0 Å². The van der Waals surface area contributed by atoms with Gasteiger partial charge in [-0.15, -0.1) is 0 Å². The Morgan fingerprint density at radius 2 is 0.535 bits per heavy atom. The van der Waals surface area contributed by atoms with Gasteiger partial charge in [-0.2, -0.15) is 0 Å². The molecule has 0 N–H and O–H groups in total. The maximum absolute atomic E-state index is 3.78. The summed E-state index contributed by atoms with van der Waals surface area (Å²) >= 11 is 0. The topological polar surface area (TPSA) is 12.9 Å². The third-order valence-electron chi connectivity index (χ3n) is 4.77. The number of aromatic nitrogens is 1. The molecule has 0 unspecified atom stereocenters. The molecule has 1 heteroatoms. The van der Waals surface area contributed by atoms with E-state index < -0.39 is 0 Å². The highest BCUT2D eigenvalue weighted by Crippen LogP contribution is 2.17. The van der Waals surface area contributed by atoms with Gasteiger partial charge < -0.3 is 0 Å². The van der Waals surface area contributed by atoms with Gasteiger partial charge in [-0.1, -0.05) is 213 Å².